The van der Waals surface area contributed by atoms with Gasteiger partial charge in [0, 0.05) is 13.1 Å². The van der Waals surface area contributed by atoms with Crippen LogP contribution in [0, 0.1) is 5.82 Å². The molecule has 0 bridgehead atoms. The predicted molar refractivity (Wildman–Crippen MR) is 71.7 cm³/mol. The number of nitrogens with zero attached hydrogens (tertiary/aromatic N) is 1. The molecule has 1 rings (SSSR count). The van der Waals surface area contributed by atoms with E-state index < -0.39 is 0 Å². The molecule has 0 N–H and O–H groups in total. The highest BCUT2D eigenvalue weighted by Gasteiger charge is 2.09. The van der Waals surface area contributed by atoms with Crippen molar-refractivity contribution in [3.63, 3.8) is 0 Å². The van der Waals surface area contributed by atoms with Crippen LogP contribution in [0.1, 0.15) is 18.9 Å². The second kappa shape index (κ2) is 7.48. The molecule has 0 aliphatic carbocycles. The third-order valence-electron chi connectivity index (χ3n) is 2.47. The molecule has 1 aromatic rings. The number of rotatable bonds is 6. The number of ether oxygens (including phenoxy) is 1. The van der Waals surface area contributed by atoms with Crippen LogP contribution in [0.15, 0.2) is 22.7 Å². The fraction of sp³-hybridized carbons (Fsp3) is 0.462. The molecular formula is C13H17BrFNO2. The van der Waals surface area contributed by atoms with E-state index in [1.54, 1.807) is 13.0 Å². The third-order valence-corrected chi connectivity index (χ3v) is 3.36. The van der Waals surface area contributed by atoms with Crippen molar-refractivity contribution in [3.8, 4) is 0 Å². The van der Waals surface area contributed by atoms with E-state index in [0.717, 1.165) is 5.56 Å². The fourth-order valence-electron chi connectivity index (χ4n) is 1.56. The van der Waals surface area contributed by atoms with Gasteiger partial charge in [0.2, 0.25) is 0 Å². The highest BCUT2D eigenvalue weighted by molar-refractivity contribution is 9.10. The molecule has 0 amide bonds. The Morgan fingerprint density at radius 3 is 2.89 bits per heavy atom. The van der Waals surface area contributed by atoms with E-state index in [0.29, 0.717) is 30.6 Å². The second-order valence-corrected chi connectivity index (χ2v) is 4.80. The largest absolute Gasteiger partial charge is 0.466 e. The number of halogens is 2. The Balaban J connectivity index is 2.47. The minimum atomic E-state index is -0.272. The Morgan fingerprint density at radius 2 is 2.22 bits per heavy atom. The maximum absolute atomic E-state index is 13.3. The van der Waals surface area contributed by atoms with Gasteiger partial charge in [0.1, 0.15) is 5.82 Å². The van der Waals surface area contributed by atoms with Crippen LogP contribution in [0.5, 0.6) is 0 Å². The number of benzene rings is 1. The van der Waals surface area contributed by atoms with Crippen LogP contribution >= 0.6 is 15.9 Å². The lowest BCUT2D eigenvalue weighted by Gasteiger charge is -2.17. The van der Waals surface area contributed by atoms with E-state index in [4.69, 9.17) is 4.74 Å². The summed E-state index contributed by atoms with van der Waals surface area (Å²) < 4.78 is 18.6. The molecule has 1 aromatic carbocycles. The Labute approximate surface area is 115 Å². The lowest BCUT2D eigenvalue weighted by Crippen LogP contribution is -2.22. The summed E-state index contributed by atoms with van der Waals surface area (Å²) in [5.74, 6) is -0.478. The van der Waals surface area contributed by atoms with Crippen LogP contribution in [0.2, 0.25) is 0 Å². The molecule has 0 fully saturated rings. The first kappa shape index (κ1) is 15.1. The normalized spacial score (nSPS) is 10.7. The van der Waals surface area contributed by atoms with E-state index in [-0.39, 0.29) is 11.8 Å². The zero-order valence-electron chi connectivity index (χ0n) is 10.6. The van der Waals surface area contributed by atoms with Gasteiger partial charge in [0.15, 0.2) is 0 Å². The van der Waals surface area contributed by atoms with Crippen LogP contribution in [0.25, 0.3) is 0 Å². The molecule has 5 heteroatoms. The Hall–Kier alpha value is -0.940. The number of hydrogen-bond acceptors (Lipinski definition) is 3. The van der Waals surface area contributed by atoms with Crippen LogP contribution in [0.3, 0.4) is 0 Å². The van der Waals surface area contributed by atoms with Gasteiger partial charge in [0.25, 0.3) is 0 Å². The summed E-state index contributed by atoms with van der Waals surface area (Å²) in [5, 5.41) is 0. The summed E-state index contributed by atoms with van der Waals surface area (Å²) in [7, 11) is 1.89. The molecule has 3 nitrogen and oxygen atoms in total. The van der Waals surface area contributed by atoms with Crippen LogP contribution in [0.4, 0.5) is 4.39 Å². The van der Waals surface area contributed by atoms with Gasteiger partial charge >= 0.3 is 5.97 Å². The van der Waals surface area contributed by atoms with Crippen molar-refractivity contribution in [1.82, 2.24) is 4.90 Å². The first-order valence-electron chi connectivity index (χ1n) is 5.81. The summed E-state index contributed by atoms with van der Waals surface area (Å²) in [6.45, 7) is 3.35. The standard InChI is InChI=1S/C13H17BrFNO2/c1-3-18-12(17)7-8-16(2)9-10-5-4-6-11(15)13(10)14/h4-6H,3,7-9H2,1-2H3. The molecule has 0 aliphatic rings. The number of carbonyl (C=O) groups excluding carboxylic acids is 1. The van der Waals surface area contributed by atoms with Crippen molar-refractivity contribution in [1.29, 1.82) is 0 Å². The van der Waals surface area contributed by atoms with Gasteiger partial charge in [-0.15, -0.1) is 0 Å². The maximum atomic E-state index is 13.3. The van der Waals surface area contributed by atoms with Gasteiger partial charge in [-0.2, -0.15) is 0 Å². The van der Waals surface area contributed by atoms with E-state index in [9.17, 15) is 9.18 Å². The molecule has 0 saturated heterocycles. The highest BCUT2D eigenvalue weighted by Crippen LogP contribution is 2.21. The van der Waals surface area contributed by atoms with E-state index in [1.165, 1.54) is 6.07 Å². The van der Waals surface area contributed by atoms with E-state index in [1.807, 2.05) is 18.0 Å². The average molecular weight is 318 g/mol. The molecule has 0 unspecified atom stereocenters. The molecular weight excluding hydrogens is 301 g/mol. The van der Waals surface area contributed by atoms with Crippen molar-refractivity contribution < 1.29 is 13.9 Å². The zero-order chi connectivity index (χ0) is 13.5. The van der Waals surface area contributed by atoms with Crippen molar-refractivity contribution in [2.24, 2.45) is 0 Å². The Morgan fingerprint density at radius 1 is 1.50 bits per heavy atom. The summed E-state index contributed by atoms with van der Waals surface area (Å²) in [4.78, 5) is 13.2. The van der Waals surface area contributed by atoms with Crippen molar-refractivity contribution >= 4 is 21.9 Å². The minimum Gasteiger partial charge on any atom is -0.466 e. The topological polar surface area (TPSA) is 29.5 Å². The molecule has 0 heterocycles. The molecule has 0 atom stereocenters. The Kier molecular flexibility index (Phi) is 6.29. The Bertz CT molecular complexity index is 412. The van der Waals surface area contributed by atoms with E-state index >= 15 is 0 Å². The highest BCUT2D eigenvalue weighted by atomic mass is 79.9. The smallest absolute Gasteiger partial charge is 0.307 e. The first-order chi connectivity index (χ1) is 8.54. The average Bonchev–Trinajstić information content (AvgIpc) is 2.33. The van der Waals surface area contributed by atoms with Gasteiger partial charge in [-0.25, -0.2) is 4.39 Å². The monoisotopic (exact) mass is 317 g/mol. The summed E-state index contributed by atoms with van der Waals surface area (Å²) in [5.41, 5.74) is 0.862. The fourth-order valence-corrected chi connectivity index (χ4v) is 1.95. The second-order valence-electron chi connectivity index (χ2n) is 4.01. The van der Waals surface area contributed by atoms with Crippen LogP contribution < -0.4 is 0 Å². The van der Waals surface area contributed by atoms with Gasteiger partial charge in [-0.05, 0) is 41.5 Å². The quantitative estimate of drug-likeness (QED) is 0.755. The van der Waals surface area contributed by atoms with Gasteiger partial charge in [0.05, 0.1) is 17.5 Å². The molecule has 0 radical (unpaired) electrons. The summed E-state index contributed by atoms with van der Waals surface area (Å²) >= 11 is 3.22. The molecule has 18 heavy (non-hydrogen) atoms. The molecule has 0 aliphatic heterocycles. The maximum Gasteiger partial charge on any atom is 0.307 e. The minimum absolute atomic E-state index is 0.206. The molecule has 0 aromatic heterocycles. The summed E-state index contributed by atoms with van der Waals surface area (Å²) in [6, 6.07) is 4.94. The lowest BCUT2D eigenvalue weighted by molar-refractivity contribution is -0.143. The van der Waals surface area contributed by atoms with E-state index in [2.05, 4.69) is 15.9 Å². The van der Waals surface area contributed by atoms with Crippen molar-refractivity contribution in [2.75, 3.05) is 20.2 Å². The van der Waals surface area contributed by atoms with Crippen LogP contribution in [-0.4, -0.2) is 31.1 Å². The summed E-state index contributed by atoms with van der Waals surface area (Å²) in [6.07, 6.45) is 0.345. The zero-order valence-corrected chi connectivity index (χ0v) is 12.2. The van der Waals surface area contributed by atoms with Gasteiger partial charge in [-0.3, -0.25) is 4.79 Å². The molecule has 100 valence electrons. The number of esters is 1. The number of carbonyl (C=O) groups is 1. The SMILES string of the molecule is CCOC(=O)CCN(C)Cc1cccc(F)c1Br. The van der Waals surface area contributed by atoms with Gasteiger partial charge in [-0.1, -0.05) is 12.1 Å². The first-order valence-corrected chi connectivity index (χ1v) is 6.61. The molecule has 0 saturated carbocycles. The number of hydrogen-bond donors (Lipinski definition) is 0. The van der Waals surface area contributed by atoms with Gasteiger partial charge < -0.3 is 9.64 Å². The third kappa shape index (κ3) is 4.74. The molecule has 0 spiro atoms. The predicted octanol–water partition coefficient (Wildman–Crippen LogP) is 2.97. The van der Waals surface area contributed by atoms with Crippen molar-refractivity contribution in [3.05, 3.63) is 34.1 Å². The van der Waals surface area contributed by atoms with Crippen LogP contribution in [-0.2, 0) is 16.1 Å². The van der Waals surface area contributed by atoms with Crippen molar-refractivity contribution in [2.45, 2.75) is 19.9 Å². The lowest BCUT2D eigenvalue weighted by atomic mass is 10.2.